The molecule has 3 nitrogen and oxygen atoms in total. The van der Waals surface area contributed by atoms with Gasteiger partial charge in [-0.15, -0.1) is 0 Å². The molecule has 13 heavy (non-hydrogen) atoms. The first-order valence-corrected chi connectivity index (χ1v) is 4.42. The van der Waals surface area contributed by atoms with Crippen LogP contribution in [0.2, 0.25) is 0 Å². The molecule has 0 N–H and O–H groups in total. The van der Waals surface area contributed by atoms with E-state index in [1.165, 1.54) is 0 Å². The zero-order valence-electron chi connectivity index (χ0n) is 8.40. The molecule has 1 rings (SSSR count). The molecule has 0 saturated carbocycles. The lowest BCUT2D eigenvalue weighted by molar-refractivity contribution is 0.111. The van der Waals surface area contributed by atoms with Crippen LogP contribution in [0, 0.1) is 0 Å². The molecule has 0 aromatic carbocycles. The summed E-state index contributed by atoms with van der Waals surface area (Å²) in [6.45, 7) is 3.04. The van der Waals surface area contributed by atoms with Crippen molar-refractivity contribution in [3.63, 3.8) is 0 Å². The summed E-state index contributed by atoms with van der Waals surface area (Å²) < 4.78 is 1.99. The van der Waals surface area contributed by atoms with Gasteiger partial charge in [-0.3, -0.25) is 4.79 Å². The van der Waals surface area contributed by atoms with E-state index >= 15 is 0 Å². The molecule has 0 aliphatic heterocycles. The van der Waals surface area contributed by atoms with Gasteiger partial charge in [0.1, 0.15) is 0 Å². The van der Waals surface area contributed by atoms with Crippen molar-refractivity contribution in [1.82, 2.24) is 9.47 Å². The van der Waals surface area contributed by atoms with Crippen LogP contribution in [0.5, 0.6) is 0 Å². The van der Waals surface area contributed by atoms with E-state index in [9.17, 15) is 4.79 Å². The van der Waals surface area contributed by atoms with Gasteiger partial charge in [0.2, 0.25) is 0 Å². The SMILES string of the molecule is CC(CN(C)C)n1cccc1C=O. The molecule has 1 heterocycles. The third-order valence-electron chi connectivity index (χ3n) is 2.04. The average molecular weight is 180 g/mol. The Morgan fingerprint density at radius 1 is 1.62 bits per heavy atom. The maximum Gasteiger partial charge on any atom is 0.166 e. The van der Waals surface area contributed by atoms with Gasteiger partial charge in [0.25, 0.3) is 0 Å². The van der Waals surface area contributed by atoms with Gasteiger partial charge in [-0.25, -0.2) is 0 Å². The molecule has 0 aliphatic rings. The van der Waals surface area contributed by atoms with Crippen LogP contribution in [0.15, 0.2) is 18.3 Å². The zero-order valence-corrected chi connectivity index (χ0v) is 8.40. The highest BCUT2D eigenvalue weighted by atomic mass is 16.1. The van der Waals surface area contributed by atoms with Gasteiger partial charge in [-0.1, -0.05) is 0 Å². The molecular formula is C10H16N2O. The number of hydrogen-bond donors (Lipinski definition) is 0. The van der Waals surface area contributed by atoms with Crippen molar-refractivity contribution in [2.75, 3.05) is 20.6 Å². The first-order chi connectivity index (χ1) is 6.15. The summed E-state index contributed by atoms with van der Waals surface area (Å²) >= 11 is 0. The first kappa shape index (κ1) is 9.99. The molecule has 72 valence electrons. The number of rotatable bonds is 4. The number of carbonyl (C=O) groups excluding carboxylic acids is 1. The Labute approximate surface area is 79.0 Å². The summed E-state index contributed by atoms with van der Waals surface area (Å²) in [5.74, 6) is 0. The molecule has 3 heteroatoms. The molecule has 0 fully saturated rings. The Kier molecular flexibility index (Phi) is 3.25. The number of likely N-dealkylation sites (N-methyl/N-ethyl adjacent to an activating group) is 1. The van der Waals surface area contributed by atoms with E-state index in [-0.39, 0.29) is 0 Å². The van der Waals surface area contributed by atoms with Crippen LogP contribution >= 0.6 is 0 Å². The van der Waals surface area contributed by atoms with E-state index in [0.717, 1.165) is 18.5 Å². The van der Waals surface area contributed by atoms with Crippen LogP contribution in [0.3, 0.4) is 0 Å². The molecule has 0 spiro atoms. The monoisotopic (exact) mass is 180 g/mol. The lowest BCUT2D eigenvalue weighted by atomic mass is 10.3. The predicted molar refractivity (Wildman–Crippen MR) is 53.1 cm³/mol. The quantitative estimate of drug-likeness (QED) is 0.655. The van der Waals surface area contributed by atoms with Crippen LogP contribution in [0.1, 0.15) is 23.5 Å². The molecule has 1 unspecified atom stereocenters. The summed E-state index contributed by atoms with van der Waals surface area (Å²) in [5.41, 5.74) is 0.745. The van der Waals surface area contributed by atoms with E-state index in [0.29, 0.717) is 6.04 Å². The topological polar surface area (TPSA) is 25.2 Å². The van der Waals surface area contributed by atoms with Crippen LogP contribution < -0.4 is 0 Å². The third kappa shape index (κ3) is 2.42. The second-order valence-electron chi connectivity index (χ2n) is 3.57. The molecule has 0 saturated heterocycles. The van der Waals surface area contributed by atoms with Crippen molar-refractivity contribution in [2.24, 2.45) is 0 Å². The van der Waals surface area contributed by atoms with Crippen LogP contribution in [0.25, 0.3) is 0 Å². The fourth-order valence-corrected chi connectivity index (χ4v) is 1.52. The van der Waals surface area contributed by atoms with Crippen molar-refractivity contribution >= 4 is 6.29 Å². The van der Waals surface area contributed by atoms with Crippen molar-refractivity contribution in [1.29, 1.82) is 0 Å². The maximum atomic E-state index is 10.6. The van der Waals surface area contributed by atoms with Crippen molar-refractivity contribution in [3.8, 4) is 0 Å². The van der Waals surface area contributed by atoms with E-state index in [1.54, 1.807) is 0 Å². The standard InChI is InChI=1S/C10H16N2O/c1-9(7-11(2)3)12-6-4-5-10(12)8-13/h4-6,8-9H,7H2,1-3H3. The van der Waals surface area contributed by atoms with Crippen LogP contribution in [0.4, 0.5) is 0 Å². The third-order valence-corrected chi connectivity index (χ3v) is 2.04. The lowest BCUT2D eigenvalue weighted by Gasteiger charge is -2.19. The van der Waals surface area contributed by atoms with Gasteiger partial charge < -0.3 is 9.47 Å². The summed E-state index contributed by atoms with van der Waals surface area (Å²) in [6, 6.07) is 4.07. The fraction of sp³-hybridized carbons (Fsp3) is 0.500. The molecule has 0 amide bonds. The predicted octanol–water partition coefficient (Wildman–Crippen LogP) is 1.42. The Morgan fingerprint density at radius 3 is 2.85 bits per heavy atom. The normalized spacial score (nSPS) is 13.2. The Morgan fingerprint density at radius 2 is 2.31 bits per heavy atom. The highest BCUT2D eigenvalue weighted by Gasteiger charge is 2.08. The Balaban J connectivity index is 2.75. The highest BCUT2D eigenvalue weighted by molar-refractivity contribution is 5.72. The van der Waals surface area contributed by atoms with Gasteiger partial charge in [0.05, 0.1) is 5.69 Å². The second-order valence-corrected chi connectivity index (χ2v) is 3.57. The van der Waals surface area contributed by atoms with E-state index in [1.807, 2.05) is 37.0 Å². The van der Waals surface area contributed by atoms with Gasteiger partial charge in [-0.2, -0.15) is 0 Å². The molecular weight excluding hydrogens is 164 g/mol. The molecule has 1 aromatic rings. The summed E-state index contributed by atoms with van der Waals surface area (Å²) in [5, 5.41) is 0. The van der Waals surface area contributed by atoms with Crippen molar-refractivity contribution < 1.29 is 4.79 Å². The molecule has 1 aromatic heterocycles. The van der Waals surface area contributed by atoms with E-state index in [2.05, 4.69) is 11.8 Å². The summed E-state index contributed by atoms with van der Waals surface area (Å²) in [6.07, 6.45) is 2.84. The molecule has 0 radical (unpaired) electrons. The first-order valence-electron chi connectivity index (χ1n) is 4.42. The summed E-state index contributed by atoms with van der Waals surface area (Å²) in [4.78, 5) is 12.8. The van der Waals surface area contributed by atoms with Gasteiger partial charge in [0.15, 0.2) is 6.29 Å². The number of carbonyl (C=O) groups is 1. The summed E-state index contributed by atoms with van der Waals surface area (Å²) in [7, 11) is 4.06. The Hall–Kier alpha value is -1.09. The van der Waals surface area contributed by atoms with E-state index < -0.39 is 0 Å². The number of aldehydes is 1. The zero-order chi connectivity index (χ0) is 9.84. The number of nitrogens with zero attached hydrogens (tertiary/aromatic N) is 2. The average Bonchev–Trinajstić information content (AvgIpc) is 2.49. The highest BCUT2D eigenvalue weighted by Crippen LogP contribution is 2.10. The molecule has 0 bridgehead atoms. The van der Waals surface area contributed by atoms with Crippen molar-refractivity contribution in [2.45, 2.75) is 13.0 Å². The van der Waals surface area contributed by atoms with E-state index in [4.69, 9.17) is 0 Å². The van der Waals surface area contributed by atoms with Gasteiger partial charge >= 0.3 is 0 Å². The van der Waals surface area contributed by atoms with Crippen LogP contribution in [-0.2, 0) is 0 Å². The largest absolute Gasteiger partial charge is 0.341 e. The second kappa shape index (κ2) is 4.23. The smallest absolute Gasteiger partial charge is 0.166 e. The lowest BCUT2D eigenvalue weighted by Crippen LogP contribution is -2.23. The molecule has 0 aliphatic carbocycles. The van der Waals surface area contributed by atoms with Crippen LogP contribution in [-0.4, -0.2) is 36.4 Å². The minimum atomic E-state index is 0.338. The van der Waals surface area contributed by atoms with Crippen molar-refractivity contribution in [3.05, 3.63) is 24.0 Å². The van der Waals surface area contributed by atoms with Gasteiger partial charge in [0, 0.05) is 18.8 Å². The molecule has 1 atom stereocenters. The number of aromatic nitrogens is 1. The maximum absolute atomic E-state index is 10.6. The fourth-order valence-electron chi connectivity index (χ4n) is 1.52. The van der Waals surface area contributed by atoms with Gasteiger partial charge in [-0.05, 0) is 33.2 Å². The number of hydrogen-bond acceptors (Lipinski definition) is 2. The minimum Gasteiger partial charge on any atom is -0.341 e. The minimum absolute atomic E-state index is 0.338. The Bertz CT molecular complexity index is 278.